The Morgan fingerprint density at radius 1 is 1.50 bits per heavy atom. The van der Waals surface area contributed by atoms with E-state index in [-0.39, 0.29) is 29.9 Å². The van der Waals surface area contributed by atoms with Crippen molar-refractivity contribution < 1.29 is 24.5 Å². The molecule has 5 heteroatoms. The van der Waals surface area contributed by atoms with Gasteiger partial charge in [-0.05, 0) is 6.92 Å². The number of carboxylic acids is 1. The zero-order chi connectivity index (χ0) is 8.78. The predicted octanol–water partition coefficient (Wildman–Crippen LogP) is 1.75. The van der Waals surface area contributed by atoms with Gasteiger partial charge in [0.1, 0.15) is 5.97 Å². The van der Waals surface area contributed by atoms with Crippen LogP contribution in [0.3, 0.4) is 0 Å². The van der Waals surface area contributed by atoms with E-state index < -0.39 is 11.9 Å². The van der Waals surface area contributed by atoms with Crippen molar-refractivity contribution in [3.05, 3.63) is 0 Å². The summed E-state index contributed by atoms with van der Waals surface area (Å²) in [5.74, 6) is -6.03. The highest BCUT2D eigenvalue weighted by Crippen LogP contribution is 2.07. The first-order valence-corrected chi connectivity index (χ1v) is 2.51. The molecule has 12 heavy (non-hydrogen) atoms. The Bertz CT molecular complexity index is 104. The molecule has 0 saturated heterocycles. The molecule has 0 aromatic heterocycles. The van der Waals surface area contributed by atoms with Crippen molar-refractivity contribution in [2.75, 3.05) is 6.67 Å². The second-order valence-corrected chi connectivity index (χ2v) is 1.44. The van der Waals surface area contributed by atoms with Gasteiger partial charge in [-0.15, -0.1) is 0 Å². The molecule has 0 atom stereocenters. The average molecular weight is 190 g/mol. The highest BCUT2D eigenvalue weighted by molar-refractivity contribution is 5.72. The average Bonchev–Trinajstić information content (AvgIpc) is 1.64. The van der Waals surface area contributed by atoms with Gasteiger partial charge in [0.2, 0.25) is 0 Å². The van der Waals surface area contributed by atoms with Gasteiger partial charge in [0, 0.05) is 6.92 Å². The van der Waals surface area contributed by atoms with Gasteiger partial charge in [-0.3, -0.25) is 4.39 Å². The number of alkyl halides is 3. The standard InChI is InChI=1S/C3H4F2O2.C2H5F.2CH4/c1-3(4,5)2(6)7;1-2-3;;/h1H3,(H,6,7);2H2,1H3;2*1H4. The van der Waals surface area contributed by atoms with E-state index in [1.165, 1.54) is 6.92 Å². The van der Waals surface area contributed by atoms with Crippen molar-refractivity contribution in [3.63, 3.8) is 0 Å². The minimum absolute atomic E-state index is 0. The summed E-state index contributed by atoms with van der Waals surface area (Å²) in [5, 5.41) is 9.16. The zero-order valence-corrected chi connectivity index (χ0v) is 5.66. The quantitative estimate of drug-likeness (QED) is 0.632. The zero-order valence-electron chi connectivity index (χ0n) is 6.66. The lowest BCUT2D eigenvalue weighted by atomic mass is 10.4. The van der Waals surface area contributed by atoms with Gasteiger partial charge in [-0.25, -0.2) is 8.78 Å². The van der Waals surface area contributed by atoms with Crippen LogP contribution in [-0.2, 0) is 4.79 Å². The normalized spacial score (nSPS) is 8.08. The topological polar surface area (TPSA) is 40.1 Å². The molecule has 0 fully saturated rings. The van der Waals surface area contributed by atoms with Crippen LogP contribution in [0.5, 0.6) is 0 Å². The summed E-state index contributed by atoms with van der Waals surface area (Å²) in [6, 6.07) is 0. The third kappa shape index (κ3) is 22.8. The lowest BCUT2D eigenvalue weighted by molar-refractivity contribution is -0.327. The van der Waals surface area contributed by atoms with Crippen molar-refractivity contribution in [2.24, 2.45) is 0 Å². The van der Waals surface area contributed by atoms with Crippen molar-refractivity contribution >= 4 is 5.97 Å². The van der Waals surface area contributed by atoms with Crippen LogP contribution in [0.4, 0.5) is 13.2 Å². The molecule has 0 aliphatic carbocycles. The molecule has 0 saturated carbocycles. The molecule has 0 aliphatic heterocycles. The number of halogens is 3. The Morgan fingerprint density at radius 3 is 1.58 bits per heavy atom. The van der Waals surface area contributed by atoms with Crippen LogP contribution in [0, 0.1) is 0 Å². The van der Waals surface area contributed by atoms with Gasteiger partial charge < -0.3 is 9.90 Å². The number of hydrogen-bond acceptors (Lipinski definition) is 2. The minimum atomic E-state index is -3.69. The number of carboxylic acid groups (broad SMARTS) is 1. The lowest BCUT2D eigenvalue weighted by Crippen LogP contribution is -2.38. The van der Waals surface area contributed by atoms with Crippen LogP contribution >= 0.6 is 0 Å². The molecular formula is C7H17F3O2. The third-order valence-electron chi connectivity index (χ3n) is 0.358. The summed E-state index contributed by atoms with van der Waals surface area (Å²) in [4.78, 5) is 9.16. The molecule has 0 unspecified atom stereocenters. The number of aliphatic carboxylic acids is 1. The lowest BCUT2D eigenvalue weighted by Gasteiger charge is -2.08. The molecule has 0 amide bonds. The summed E-state index contributed by atoms with van der Waals surface area (Å²) >= 11 is 0. The molecular weight excluding hydrogens is 173 g/mol. The number of hydrogen-bond donors (Lipinski definition) is 0. The second kappa shape index (κ2) is 10.3. The second-order valence-electron chi connectivity index (χ2n) is 1.44. The molecule has 0 N–H and O–H groups in total. The van der Waals surface area contributed by atoms with E-state index in [0.29, 0.717) is 0 Å². The largest absolute Gasteiger partial charge is 1.00 e. The van der Waals surface area contributed by atoms with Crippen molar-refractivity contribution in [1.29, 1.82) is 0 Å². The summed E-state index contributed by atoms with van der Waals surface area (Å²) < 4.78 is 32.7. The molecule has 0 aliphatic rings. The van der Waals surface area contributed by atoms with Gasteiger partial charge >= 0.3 is 1.43 Å². The molecule has 0 heterocycles. The van der Waals surface area contributed by atoms with Crippen LogP contribution in [0.25, 0.3) is 0 Å². The van der Waals surface area contributed by atoms with E-state index >= 15 is 0 Å². The molecule has 0 aromatic rings. The van der Waals surface area contributed by atoms with E-state index in [1.807, 2.05) is 0 Å². The van der Waals surface area contributed by atoms with Crippen LogP contribution in [0.1, 0.15) is 30.1 Å². The Kier molecular flexibility index (Phi) is 19.2. The Balaban J connectivity index is -0.0000000320. The summed E-state index contributed by atoms with van der Waals surface area (Å²) in [6.45, 7) is 1.47. The number of rotatable bonds is 1. The fraction of sp³-hybridized carbons (Fsp3) is 0.857. The van der Waals surface area contributed by atoms with E-state index in [1.54, 1.807) is 0 Å². The molecule has 2 nitrogen and oxygen atoms in total. The molecule has 78 valence electrons. The van der Waals surface area contributed by atoms with Crippen molar-refractivity contribution in [3.8, 4) is 0 Å². The van der Waals surface area contributed by atoms with E-state index in [0.717, 1.165) is 0 Å². The smallest absolute Gasteiger partial charge is 0.544 e. The SMILES string of the molecule is C.C.CC(F)(F)C(=O)[O-].CCF.[H+]. The predicted molar refractivity (Wildman–Crippen MR) is 41.9 cm³/mol. The fourth-order valence-corrected chi connectivity index (χ4v) is 0. The Hall–Kier alpha value is -0.740. The fourth-order valence-electron chi connectivity index (χ4n) is 0. The van der Waals surface area contributed by atoms with Gasteiger partial charge in [0.25, 0.3) is 5.92 Å². The third-order valence-corrected chi connectivity index (χ3v) is 0.358. The number of carbonyl (C=O) groups excluding carboxylic acids is 1. The Labute approximate surface area is 72.9 Å². The maximum absolute atomic E-state index is 11.2. The molecule has 0 rings (SSSR count). The summed E-state index contributed by atoms with van der Waals surface area (Å²) in [7, 11) is 0. The van der Waals surface area contributed by atoms with Gasteiger partial charge in [0.15, 0.2) is 0 Å². The highest BCUT2D eigenvalue weighted by atomic mass is 19.3. The maximum Gasteiger partial charge on any atom is 1.00 e. The van der Waals surface area contributed by atoms with Crippen LogP contribution in [0.2, 0.25) is 0 Å². The van der Waals surface area contributed by atoms with Gasteiger partial charge in [-0.2, -0.15) is 0 Å². The van der Waals surface area contributed by atoms with Crippen LogP contribution in [-0.4, -0.2) is 18.6 Å². The first kappa shape index (κ1) is 22.5. The van der Waals surface area contributed by atoms with E-state index in [2.05, 4.69) is 0 Å². The highest BCUT2D eigenvalue weighted by Gasteiger charge is 2.21. The number of carbonyl (C=O) groups is 1. The van der Waals surface area contributed by atoms with Gasteiger partial charge in [0.05, 0.1) is 6.67 Å². The van der Waals surface area contributed by atoms with Crippen molar-refractivity contribution in [2.45, 2.75) is 34.6 Å². The minimum Gasteiger partial charge on any atom is -0.544 e. The first-order valence-electron chi connectivity index (χ1n) is 2.51. The molecule has 0 radical (unpaired) electrons. The molecule has 0 bridgehead atoms. The molecule has 0 aromatic carbocycles. The monoisotopic (exact) mass is 190 g/mol. The van der Waals surface area contributed by atoms with Crippen LogP contribution in [0.15, 0.2) is 0 Å². The van der Waals surface area contributed by atoms with E-state index in [9.17, 15) is 13.2 Å². The molecule has 0 spiro atoms. The summed E-state index contributed by atoms with van der Waals surface area (Å²) in [5.41, 5.74) is 0. The van der Waals surface area contributed by atoms with Crippen molar-refractivity contribution in [1.82, 2.24) is 0 Å². The Morgan fingerprint density at radius 2 is 1.58 bits per heavy atom. The van der Waals surface area contributed by atoms with Gasteiger partial charge in [-0.1, -0.05) is 14.9 Å². The van der Waals surface area contributed by atoms with E-state index in [4.69, 9.17) is 9.90 Å². The first-order chi connectivity index (χ1) is 4.36. The summed E-state index contributed by atoms with van der Waals surface area (Å²) in [6.07, 6.45) is 0. The van der Waals surface area contributed by atoms with Crippen LogP contribution < -0.4 is 5.11 Å². The maximum atomic E-state index is 11.2.